The Morgan fingerprint density at radius 2 is 1.62 bits per heavy atom. The van der Waals surface area contributed by atoms with Gasteiger partial charge in [0.15, 0.2) is 3.79 Å². The summed E-state index contributed by atoms with van der Waals surface area (Å²) in [5.41, 5.74) is -1.72. The fourth-order valence-corrected chi connectivity index (χ4v) is 3.19. The third-order valence-electron chi connectivity index (χ3n) is 2.40. The summed E-state index contributed by atoms with van der Waals surface area (Å²) in [5, 5.41) is 11.1. The Balaban J connectivity index is 3.23. The third-order valence-corrected chi connectivity index (χ3v) is 3.79. The Morgan fingerprint density at radius 1 is 1.14 bits per heavy atom. The molecule has 0 spiro atoms. The monoisotopic (exact) mass is 414 g/mol. The Morgan fingerprint density at radius 3 is 2.00 bits per heavy atom. The first-order valence-corrected chi connectivity index (χ1v) is 9.11. The van der Waals surface area contributed by atoms with Gasteiger partial charge >= 0.3 is 0 Å². The van der Waals surface area contributed by atoms with Crippen LogP contribution < -0.4 is 0 Å². The highest BCUT2D eigenvalue weighted by atomic mass is 35.6. The quantitative estimate of drug-likeness (QED) is 0.584. The molecule has 0 amide bonds. The van der Waals surface area contributed by atoms with Gasteiger partial charge in [-0.1, -0.05) is 58.0 Å². The van der Waals surface area contributed by atoms with Crippen molar-refractivity contribution in [1.82, 2.24) is 0 Å². The van der Waals surface area contributed by atoms with E-state index in [2.05, 4.69) is 4.18 Å². The van der Waals surface area contributed by atoms with Crippen molar-refractivity contribution in [3.05, 3.63) is 33.8 Å². The molecule has 1 atom stereocenters. The van der Waals surface area contributed by atoms with Crippen molar-refractivity contribution in [2.24, 2.45) is 0 Å². The lowest BCUT2D eigenvalue weighted by Gasteiger charge is -2.31. The fraction of sp³-hybridized carbons (Fsp3) is 0.455. The Hall–Kier alpha value is 0.540. The first-order chi connectivity index (χ1) is 9.31. The SMILES string of the molecule is CS(=O)(=O)OCC(O)(CC(Cl)(Cl)Cl)c1cc(Cl)cc(Cl)c1. The van der Waals surface area contributed by atoms with Crippen molar-refractivity contribution in [2.75, 3.05) is 12.9 Å². The molecule has 1 N–H and O–H groups in total. The van der Waals surface area contributed by atoms with Crippen molar-refractivity contribution in [3.8, 4) is 0 Å². The molecule has 1 unspecified atom stereocenters. The predicted molar refractivity (Wildman–Crippen MR) is 86.1 cm³/mol. The van der Waals surface area contributed by atoms with Gasteiger partial charge in [0.1, 0.15) is 5.60 Å². The number of alkyl halides is 3. The molecule has 0 fully saturated rings. The number of rotatable bonds is 5. The van der Waals surface area contributed by atoms with Crippen LogP contribution in [0.15, 0.2) is 18.2 Å². The van der Waals surface area contributed by atoms with E-state index in [9.17, 15) is 13.5 Å². The zero-order valence-corrected chi connectivity index (χ0v) is 15.2. The summed E-state index contributed by atoms with van der Waals surface area (Å²) in [4.78, 5) is 0. The van der Waals surface area contributed by atoms with Gasteiger partial charge in [-0.15, -0.1) is 0 Å². The average Bonchev–Trinajstić information content (AvgIpc) is 2.22. The maximum absolute atomic E-state index is 11.1. The largest absolute Gasteiger partial charge is 0.383 e. The third kappa shape index (κ3) is 7.10. The van der Waals surface area contributed by atoms with Crippen LogP contribution in [0.5, 0.6) is 0 Å². The van der Waals surface area contributed by atoms with E-state index in [0.717, 1.165) is 6.26 Å². The van der Waals surface area contributed by atoms with Crippen LogP contribution in [0.2, 0.25) is 10.0 Å². The Kier molecular flexibility index (Phi) is 6.50. The molecule has 1 aromatic rings. The van der Waals surface area contributed by atoms with Gasteiger partial charge in [-0.3, -0.25) is 4.18 Å². The van der Waals surface area contributed by atoms with Gasteiger partial charge in [0.25, 0.3) is 10.1 Å². The average molecular weight is 417 g/mol. The van der Waals surface area contributed by atoms with Crippen LogP contribution >= 0.6 is 58.0 Å². The minimum absolute atomic E-state index is 0.176. The van der Waals surface area contributed by atoms with Gasteiger partial charge in [0, 0.05) is 16.5 Å². The van der Waals surface area contributed by atoms with E-state index in [-0.39, 0.29) is 15.6 Å². The van der Waals surface area contributed by atoms with Crippen molar-refractivity contribution in [1.29, 1.82) is 0 Å². The zero-order chi connectivity index (χ0) is 16.5. The van der Waals surface area contributed by atoms with E-state index in [1.54, 1.807) is 0 Å². The molecule has 21 heavy (non-hydrogen) atoms. The molecular formula is C11H11Cl5O4S. The molecule has 0 saturated carbocycles. The van der Waals surface area contributed by atoms with Crippen LogP contribution in [0.4, 0.5) is 0 Å². The molecule has 4 nitrogen and oxygen atoms in total. The Labute approximate surface area is 148 Å². The molecule has 1 rings (SSSR count). The number of benzene rings is 1. The maximum atomic E-state index is 11.1. The molecule has 0 aliphatic heterocycles. The summed E-state index contributed by atoms with van der Waals surface area (Å²) >= 11 is 28.8. The summed E-state index contributed by atoms with van der Waals surface area (Å²) in [6, 6.07) is 4.21. The molecule has 0 radical (unpaired) electrons. The molecular weight excluding hydrogens is 405 g/mol. The van der Waals surface area contributed by atoms with Gasteiger partial charge in [-0.25, -0.2) is 0 Å². The van der Waals surface area contributed by atoms with Crippen LogP contribution in [-0.4, -0.2) is 30.2 Å². The zero-order valence-electron chi connectivity index (χ0n) is 10.6. The highest BCUT2D eigenvalue weighted by molar-refractivity contribution is 7.85. The molecule has 0 bridgehead atoms. The molecule has 0 heterocycles. The van der Waals surface area contributed by atoms with Crippen LogP contribution in [0.3, 0.4) is 0 Å². The molecule has 120 valence electrons. The highest BCUT2D eigenvalue weighted by Gasteiger charge is 2.39. The van der Waals surface area contributed by atoms with E-state index in [4.69, 9.17) is 58.0 Å². The van der Waals surface area contributed by atoms with Gasteiger partial charge in [-0.05, 0) is 23.8 Å². The van der Waals surface area contributed by atoms with Crippen LogP contribution in [0, 0.1) is 0 Å². The molecule has 10 heteroatoms. The van der Waals surface area contributed by atoms with Gasteiger partial charge in [0.2, 0.25) is 0 Å². The van der Waals surface area contributed by atoms with E-state index < -0.39 is 32.5 Å². The fourth-order valence-electron chi connectivity index (χ4n) is 1.60. The van der Waals surface area contributed by atoms with Crippen molar-refractivity contribution < 1.29 is 17.7 Å². The molecule has 0 aliphatic carbocycles. The predicted octanol–water partition coefficient (Wildman–Crippen LogP) is 3.92. The lowest BCUT2D eigenvalue weighted by atomic mass is 9.92. The van der Waals surface area contributed by atoms with E-state index in [0.29, 0.717) is 0 Å². The molecule has 0 aromatic heterocycles. The number of aliphatic hydroxyl groups is 1. The Bertz CT molecular complexity index is 593. The lowest BCUT2D eigenvalue weighted by molar-refractivity contribution is -0.0138. The van der Waals surface area contributed by atoms with Gasteiger partial charge in [-0.2, -0.15) is 8.42 Å². The summed E-state index contributed by atoms with van der Waals surface area (Å²) in [7, 11) is -3.80. The number of hydrogen-bond donors (Lipinski definition) is 1. The molecule has 0 saturated heterocycles. The molecule has 1 aromatic carbocycles. The van der Waals surface area contributed by atoms with E-state index in [1.807, 2.05) is 0 Å². The van der Waals surface area contributed by atoms with Crippen molar-refractivity contribution in [2.45, 2.75) is 15.8 Å². The summed E-state index contributed by atoms with van der Waals surface area (Å²) in [6.45, 7) is -0.642. The van der Waals surface area contributed by atoms with Crippen LogP contribution in [-0.2, 0) is 19.9 Å². The second-order valence-electron chi connectivity index (χ2n) is 4.45. The summed E-state index contributed by atoms with van der Waals surface area (Å²) in [5.74, 6) is 0. The van der Waals surface area contributed by atoms with Crippen LogP contribution in [0.25, 0.3) is 0 Å². The molecule has 0 aliphatic rings. The summed E-state index contributed by atoms with van der Waals surface area (Å²) in [6.07, 6.45) is 0.421. The van der Waals surface area contributed by atoms with Crippen LogP contribution in [0.1, 0.15) is 12.0 Å². The van der Waals surface area contributed by atoms with Crippen molar-refractivity contribution in [3.63, 3.8) is 0 Å². The maximum Gasteiger partial charge on any atom is 0.264 e. The minimum atomic E-state index is -3.80. The topological polar surface area (TPSA) is 63.6 Å². The van der Waals surface area contributed by atoms with E-state index >= 15 is 0 Å². The standard InChI is InChI=1S/C11H11Cl5O4S/c1-21(18,19)20-6-10(17,5-11(14,15)16)7-2-8(12)4-9(13)3-7/h2-4,17H,5-6H2,1H3. The lowest BCUT2D eigenvalue weighted by Crippen LogP contribution is -2.36. The van der Waals surface area contributed by atoms with Gasteiger partial charge in [0.05, 0.1) is 12.9 Å². The smallest absolute Gasteiger partial charge is 0.264 e. The van der Waals surface area contributed by atoms with E-state index in [1.165, 1.54) is 18.2 Å². The number of halogens is 5. The first-order valence-electron chi connectivity index (χ1n) is 5.41. The first kappa shape index (κ1) is 19.6. The summed E-state index contributed by atoms with van der Waals surface area (Å²) < 4.78 is 25.0. The van der Waals surface area contributed by atoms with Gasteiger partial charge < -0.3 is 5.11 Å². The minimum Gasteiger partial charge on any atom is -0.383 e. The number of hydrogen-bond acceptors (Lipinski definition) is 4. The normalized spacial score (nSPS) is 15.8. The van der Waals surface area contributed by atoms with Crippen molar-refractivity contribution >= 4 is 68.1 Å². The second kappa shape index (κ2) is 6.97. The second-order valence-corrected chi connectivity index (χ2v) is 9.48. The highest BCUT2D eigenvalue weighted by Crippen LogP contribution is 2.41.